The Hall–Kier alpha value is -3.74. The minimum absolute atomic E-state index is 0.0165. The van der Waals surface area contributed by atoms with Crippen molar-refractivity contribution in [3.05, 3.63) is 68.7 Å². The molecule has 0 radical (unpaired) electrons. The van der Waals surface area contributed by atoms with Crippen LogP contribution in [0.4, 0.5) is 0 Å². The van der Waals surface area contributed by atoms with Gasteiger partial charge in [-0.3, -0.25) is 14.2 Å². The Morgan fingerprint density at radius 1 is 1.25 bits per heavy atom. The number of ether oxygens (including phenoxy) is 2. The lowest BCUT2D eigenvalue weighted by atomic mass is 10.0. The third-order valence-corrected chi connectivity index (χ3v) is 7.92. The van der Waals surface area contributed by atoms with Crippen LogP contribution in [0.15, 0.2) is 50.7 Å². The van der Waals surface area contributed by atoms with E-state index in [1.165, 1.54) is 42.2 Å². The van der Waals surface area contributed by atoms with Crippen molar-refractivity contribution >= 4 is 27.5 Å². The molecule has 214 valence electrons. The van der Waals surface area contributed by atoms with Gasteiger partial charge in [-0.2, -0.15) is 0 Å². The molecule has 1 amide bonds. The van der Waals surface area contributed by atoms with Gasteiger partial charge < -0.3 is 24.3 Å². The van der Waals surface area contributed by atoms with Crippen LogP contribution >= 0.6 is 11.3 Å². The van der Waals surface area contributed by atoms with E-state index in [9.17, 15) is 19.5 Å². The first-order valence-electron chi connectivity index (χ1n) is 12.9. The van der Waals surface area contributed by atoms with Gasteiger partial charge in [-0.25, -0.2) is 14.3 Å². The second-order valence-corrected chi connectivity index (χ2v) is 11.1. The molecule has 0 aliphatic heterocycles. The van der Waals surface area contributed by atoms with Crippen molar-refractivity contribution in [2.75, 3.05) is 20.3 Å². The smallest absolute Gasteiger partial charge is 0.333 e. The monoisotopic (exact) mass is 570 g/mol. The lowest BCUT2D eigenvalue weighted by Crippen LogP contribution is -2.56. The van der Waals surface area contributed by atoms with Crippen LogP contribution in [0.1, 0.15) is 44.9 Å². The second-order valence-electron chi connectivity index (χ2n) is 10.1. The molecule has 0 spiro atoms. The van der Waals surface area contributed by atoms with Crippen LogP contribution in [-0.4, -0.2) is 51.5 Å². The maximum absolute atomic E-state index is 14.2. The highest BCUT2D eigenvalue weighted by Crippen LogP contribution is 2.37. The number of thiophene rings is 1. The number of fused-ring (bicyclic) bond motifs is 1. The third kappa shape index (κ3) is 5.34. The number of aliphatic hydroxyl groups is 1. The minimum atomic E-state index is -1.57. The molecule has 4 aromatic rings. The van der Waals surface area contributed by atoms with Gasteiger partial charge in [0.1, 0.15) is 28.5 Å². The van der Waals surface area contributed by atoms with Crippen molar-refractivity contribution in [1.29, 1.82) is 0 Å². The predicted octanol–water partition coefficient (Wildman–Crippen LogP) is 3.21. The molecule has 0 unspecified atom stereocenters. The third-order valence-electron chi connectivity index (χ3n) is 6.62. The van der Waals surface area contributed by atoms with Gasteiger partial charge in [-0.15, -0.1) is 11.3 Å². The predicted molar refractivity (Wildman–Crippen MR) is 152 cm³/mol. The summed E-state index contributed by atoms with van der Waals surface area (Å²) in [5.74, 6) is 0.341. The van der Waals surface area contributed by atoms with Gasteiger partial charge in [0.05, 0.1) is 42.8 Å². The minimum Gasteiger partial charge on any atom is -0.496 e. The van der Waals surface area contributed by atoms with Gasteiger partial charge in [0.25, 0.3) is 5.56 Å². The molecule has 3 heterocycles. The summed E-state index contributed by atoms with van der Waals surface area (Å²) in [5, 5.41) is 12.1. The molecule has 0 aliphatic rings. The molecule has 3 aromatic heterocycles. The number of para-hydroxylation sites is 1. The van der Waals surface area contributed by atoms with E-state index in [4.69, 9.17) is 13.9 Å². The molecule has 0 saturated heterocycles. The Kier molecular flexibility index (Phi) is 8.62. The molecule has 1 atom stereocenters. The quantitative estimate of drug-likeness (QED) is 0.280. The van der Waals surface area contributed by atoms with Gasteiger partial charge in [-0.1, -0.05) is 18.2 Å². The summed E-state index contributed by atoms with van der Waals surface area (Å²) in [7, 11) is 1.56. The van der Waals surface area contributed by atoms with Crippen LogP contribution in [0.25, 0.3) is 21.0 Å². The van der Waals surface area contributed by atoms with Crippen LogP contribution in [0.3, 0.4) is 0 Å². The number of benzene rings is 1. The molecule has 0 fully saturated rings. The zero-order valence-corrected chi connectivity index (χ0v) is 24.2. The summed E-state index contributed by atoms with van der Waals surface area (Å²) in [4.78, 5) is 46.6. The highest BCUT2D eigenvalue weighted by Gasteiger charge is 2.36. The molecular weight excluding hydrogens is 536 g/mol. The van der Waals surface area contributed by atoms with Crippen molar-refractivity contribution < 1.29 is 23.8 Å². The lowest BCUT2D eigenvalue weighted by molar-refractivity contribution is -0.128. The van der Waals surface area contributed by atoms with Crippen molar-refractivity contribution in [3.8, 4) is 16.5 Å². The lowest BCUT2D eigenvalue weighted by Gasteiger charge is -2.28. The van der Waals surface area contributed by atoms with Crippen LogP contribution in [0.2, 0.25) is 0 Å². The number of carbonyl (C=O) groups excluding carboxylic acids is 1. The number of hydrogen-bond acceptors (Lipinski definition) is 9. The number of carbonyl (C=O) groups is 1. The summed E-state index contributed by atoms with van der Waals surface area (Å²) in [6.07, 6.45) is 2.13. The molecule has 40 heavy (non-hydrogen) atoms. The van der Waals surface area contributed by atoms with Gasteiger partial charge >= 0.3 is 5.69 Å². The van der Waals surface area contributed by atoms with E-state index in [-0.39, 0.29) is 31.2 Å². The Labute approximate surface area is 235 Å². The van der Waals surface area contributed by atoms with Crippen molar-refractivity contribution in [3.63, 3.8) is 0 Å². The summed E-state index contributed by atoms with van der Waals surface area (Å²) < 4.78 is 19.8. The fourth-order valence-corrected chi connectivity index (χ4v) is 5.91. The normalized spacial score (nSPS) is 12.7. The van der Waals surface area contributed by atoms with Gasteiger partial charge in [0, 0.05) is 12.1 Å². The number of oxazole rings is 1. The molecule has 11 nitrogen and oxygen atoms in total. The first-order valence-corrected chi connectivity index (χ1v) is 13.7. The van der Waals surface area contributed by atoms with Crippen molar-refractivity contribution in [2.24, 2.45) is 0 Å². The number of hydrogen-bond donors (Lipinski definition) is 2. The summed E-state index contributed by atoms with van der Waals surface area (Å²) >= 11 is 1.22. The Morgan fingerprint density at radius 3 is 2.60 bits per heavy atom. The van der Waals surface area contributed by atoms with E-state index in [2.05, 4.69) is 10.3 Å². The average molecular weight is 571 g/mol. The number of rotatable bonds is 11. The largest absolute Gasteiger partial charge is 0.496 e. The number of aryl methyl sites for hydroxylation is 1. The molecule has 1 aromatic carbocycles. The number of methoxy groups -OCH3 is 1. The Bertz CT molecular complexity index is 1620. The molecule has 2 N–H and O–H groups in total. The number of aromatic nitrogens is 3. The van der Waals surface area contributed by atoms with E-state index in [1.807, 2.05) is 38.1 Å². The summed E-state index contributed by atoms with van der Waals surface area (Å²) in [6, 6.07) is 7.39. The van der Waals surface area contributed by atoms with E-state index in [0.717, 1.165) is 10.1 Å². The second kappa shape index (κ2) is 11.8. The maximum Gasteiger partial charge on any atom is 0.333 e. The maximum atomic E-state index is 14.2. The number of nitrogens with zero attached hydrogens (tertiary/aromatic N) is 3. The molecule has 12 heteroatoms. The summed E-state index contributed by atoms with van der Waals surface area (Å²) in [6.45, 7) is 8.29. The van der Waals surface area contributed by atoms with Crippen molar-refractivity contribution in [2.45, 2.75) is 58.9 Å². The molecule has 0 saturated carbocycles. The van der Waals surface area contributed by atoms with Crippen molar-refractivity contribution in [1.82, 2.24) is 19.4 Å². The summed E-state index contributed by atoms with van der Waals surface area (Å²) in [5.41, 5.74) is -1.53. The standard InChI is InChI=1S/C28H34N4O7S/c1-16(2)39-20(18-9-7-8-10-19(18)37-6)15-31-25-21(17(3)22(40-25)23-29-12-14-38-23)24(34)32(27(31)36)28(4,5)26(35)30-11-13-33/h7-10,12,14,16,20,33H,11,13,15H2,1-6H3,(H,30,35)/t20-/m0/s1. The molecular formula is C28H34N4O7S. The molecule has 0 bridgehead atoms. The topological polar surface area (TPSA) is 138 Å². The fraction of sp³-hybridized carbons (Fsp3) is 0.429. The van der Waals surface area contributed by atoms with Gasteiger partial charge in [0.2, 0.25) is 11.8 Å². The van der Waals surface area contributed by atoms with Crippen LogP contribution in [0, 0.1) is 6.92 Å². The highest BCUT2D eigenvalue weighted by atomic mass is 32.1. The van der Waals surface area contributed by atoms with E-state index in [0.29, 0.717) is 26.9 Å². The van der Waals surface area contributed by atoms with Crippen LogP contribution < -0.4 is 21.3 Å². The number of amides is 1. The number of nitrogens with one attached hydrogen (secondary N) is 1. The zero-order chi connectivity index (χ0) is 29.2. The van der Waals surface area contributed by atoms with Crippen LogP contribution in [0.5, 0.6) is 5.75 Å². The molecule has 4 rings (SSSR count). The van der Waals surface area contributed by atoms with Gasteiger partial charge in [0.15, 0.2) is 0 Å². The van der Waals surface area contributed by atoms with Crippen LogP contribution in [-0.2, 0) is 21.6 Å². The fourth-order valence-electron chi connectivity index (χ4n) is 4.67. The Balaban J connectivity index is 2.02. The van der Waals surface area contributed by atoms with E-state index < -0.39 is 28.8 Å². The Morgan fingerprint density at radius 2 is 1.98 bits per heavy atom. The molecule has 0 aliphatic carbocycles. The first kappa shape index (κ1) is 29.2. The average Bonchev–Trinajstić information content (AvgIpc) is 3.56. The SMILES string of the molecule is COc1ccccc1[C@H](Cn1c(=O)n(C(C)(C)C(=O)NCCO)c(=O)c2c(C)c(-c3ncco3)sc21)OC(C)C. The van der Waals surface area contributed by atoms with E-state index in [1.54, 1.807) is 14.0 Å². The van der Waals surface area contributed by atoms with Gasteiger partial charge in [-0.05, 0) is 46.2 Å². The first-order chi connectivity index (χ1) is 19.0. The number of aliphatic hydroxyl groups excluding tert-OH is 1. The zero-order valence-electron chi connectivity index (χ0n) is 23.4. The van der Waals surface area contributed by atoms with E-state index >= 15 is 0 Å². The highest BCUT2D eigenvalue weighted by molar-refractivity contribution is 7.22.